The predicted octanol–water partition coefficient (Wildman–Crippen LogP) is 2.60. The van der Waals surface area contributed by atoms with Crippen molar-refractivity contribution in [2.75, 3.05) is 66.4 Å². The Morgan fingerprint density at radius 1 is 0.739 bits per heavy atom. The van der Waals surface area contributed by atoms with Gasteiger partial charge < -0.3 is 45.4 Å². The molecule has 0 heterocycles. The van der Waals surface area contributed by atoms with Crippen LogP contribution < -0.4 is 21.7 Å². The molecule has 0 saturated carbocycles. The van der Waals surface area contributed by atoms with E-state index in [4.69, 9.17) is 29.4 Å². The first-order valence-electron chi connectivity index (χ1n) is 16.1. The average molecular weight is 659 g/mol. The largest absolute Gasteiger partial charge is 0.461 e. The molecule has 0 spiro atoms. The third kappa shape index (κ3) is 30.9. The molecular formula is C33H62N4O9. The van der Waals surface area contributed by atoms with E-state index >= 15 is 0 Å². The molecule has 5 N–H and O–H groups in total. The smallest absolute Gasteiger partial charge is 0.302 e. The van der Waals surface area contributed by atoms with Crippen LogP contribution in [0.25, 0.3) is 0 Å². The number of esters is 1. The highest BCUT2D eigenvalue weighted by atomic mass is 16.6. The highest BCUT2D eigenvalue weighted by molar-refractivity contribution is 5.91. The predicted molar refractivity (Wildman–Crippen MR) is 180 cm³/mol. The van der Waals surface area contributed by atoms with Gasteiger partial charge in [-0.2, -0.15) is 0 Å². The molecule has 268 valence electrons. The second-order valence-electron chi connectivity index (χ2n) is 9.49. The molecule has 0 aliphatic rings. The molecule has 0 bridgehead atoms. The molecular weight excluding hydrogens is 596 g/mol. The number of nitrogens with one attached hydrogen (secondary N) is 3. The molecule has 1 aromatic rings. The normalized spacial score (nSPS) is 11.3. The average Bonchev–Trinajstić information content (AvgIpc) is 3.05. The zero-order valence-corrected chi connectivity index (χ0v) is 29.6. The lowest BCUT2D eigenvalue weighted by Crippen LogP contribution is -2.54. The van der Waals surface area contributed by atoms with Crippen LogP contribution in [-0.2, 0) is 49.5 Å². The number of nitrogens with two attached hydrogens (primary N) is 1. The van der Waals surface area contributed by atoms with Gasteiger partial charge in [0, 0.05) is 19.9 Å². The molecule has 0 aliphatic carbocycles. The first-order valence-corrected chi connectivity index (χ1v) is 16.1. The molecule has 2 atom stereocenters. The minimum Gasteiger partial charge on any atom is -0.461 e. The summed E-state index contributed by atoms with van der Waals surface area (Å²) in [5.41, 5.74) is 6.16. The number of rotatable bonds is 22. The summed E-state index contributed by atoms with van der Waals surface area (Å²) >= 11 is 0. The first-order chi connectivity index (χ1) is 22.1. The molecule has 1 aromatic carbocycles. The minimum atomic E-state index is -0.809. The van der Waals surface area contributed by atoms with Crippen LogP contribution in [0.15, 0.2) is 30.3 Å². The van der Waals surface area contributed by atoms with E-state index in [0.717, 1.165) is 12.1 Å². The molecule has 0 aromatic heterocycles. The fourth-order valence-electron chi connectivity index (χ4n) is 3.01. The van der Waals surface area contributed by atoms with Gasteiger partial charge in [0.25, 0.3) is 0 Å². The standard InChI is InChI=1S/C20H40N4O7.C9H10O2.2C2H6/c1-15(2)18(20(27)23-16(3)19(21)26)24-17(25)5-7-28-9-11-30-13-14-31-12-10-29-8-6-22-4;1-8(10)11-7-9-5-3-2-4-6-9;2*1-2/h15-16,18,22H,5-14H2,1-4H3,(H2,21,26)(H,23,27)(H,24,25);2-6H,7H2,1H3;2*1-2H3. The zero-order valence-electron chi connectivity index (χ0n) is 29.6. The fraction of sp³-hybridized carbons (Fsp3) is 0.697. The van der Waals surface area contributed by atoms with E-state index in [1.54, 1.807) is 13.8 Å². The Balaban J connectivity index is -0.00000101. The number of ether oxygens (including phenoxy) is 5. The molecule has 0 radical (unpaired) electrons. The third-order valence-electron chi connectivity index (χ3n) is 5.42. The number of hydrogen-bond acceptors (Lipinski definition) is 10. The van der Waals surface area contributed by atoms with Crippen LogP contribution in [0.3, 0.4) is 0 Å². The van der Waals surface area contributed by atoms with E-state index in [1.165, 1.54) is 13.8 Å². The summed E-state index contributed by atoms with van der Waals surface area (Å²) in [5.74, 6) is -1.80. The second kappa shape index (κ2) is 34.8. The lowest BCUT2D eigenvalue weighted by molar-refractivity contribution is -0.142. The lowest BCUT2D eigenvalue weighted by Gasteiger charge is -2.23. The van der Waals surface area contributed by atoms with Crippen molar-refractivity contribution in [3.63, 3.8) is 0 Å². The molecule has 3 amide bonds. The summed E-state index contributed by atoms with van der Waals surface area (Å²) in [6.07, 6.45) is 0.110. The molecule has 46 heavy (non-hydrogen) atoms. The van der Waals surface area contributed by atoms with Gasteiger partial charge in [0.2, 0.25) is 17.7 Å². The van der Waals surface area contributed by atoms with E-state index < -0.39 is 23.9 Å². The Bertz CT molecular complexity index is 874. The molecule has 0 fully saturated rings. The number of amides is 3. The van der Waals surface area contributed by atoms with Gasteiger partial charge in [-0.05, 0) is 25.5 Å². The number of benzene rings is 1. The SMILES string of the molecule is CC.CC.CC(=O)OCc1ccccc1.CNCCOCCOCCOCCOCCC(=O)NC(C(=O)NC(C)C(N)=O)C(C)C. The second-order valence-corrected chi connectivity index (χ2v) is 9.49. The van der Waals surface area contributed by atoms with Crippen LogP contribution >= 0.6 is 0 Å². The number of carbonyl (C=O) groups excluding carboxylic acids is 4. The summed E-state index contributed by atoms with van der Waals surface area (Å²) in [5, 5.41) is 8.14. The van der Waals surface area contributed by atoms with Crippen LogP contribution in [0.2, 0.25) is 0 Å². The van der Waals surface area contributed by atoms with Crippen molar-refractivity contribution in [2.45, 2.75) is 80.5 Å². The Kier molecular flexibility index (Phi) is 35.8. The van der Waals surface area contributed by atoms with Crippen LogP contribution in [0.4, 0.5) is 0 Å². The third-order valence-corrected chi connectivity index (χ3v) is 5.42. The highest BCUT2D eigenvalue weighted by Gasteiger charge is 2.26. The van der Waals surface area contributed by atoms with Gasteiger partial charge in [-0.3, -0.25) is 19.2 Å². The number of hydrogen-bond donors (Lipinski definition) is 4. The number of primary amides is 1. The first kappa shape index (κ1) is 47.3. The topological polar surface area (TPSA) is 177 Å². The van der Waals surface area contributed by atoms with Gasteiger partial charge in [-0.25, -0.2) is 0 Å². The molecule has 2 unspecified atom stereocenters. The molecule has 13 nitrogen and oxygen atoms in total. The fourth-order valence-corrected chi connectivity index (χ4v) is 3.01. The van der Waals surface area contributed by atoms with Crippen LogP contribution in [0, 0.1) is 5.92 Å². The summed E-state index contributed by atoms with van der Waals surface area (Å²) in [7, 11) is 1.87. The van der Waals surface area contributed by atoms with Crippen molar-refractivity contribution in [1.82, 2.24) is 16.0 Å². The van der Waals surface area contributed by atoms with Gasteiger partial charge in [0.05, 0.1) is 52.9 Å². The van der Waals surface area contributed by atoms with Crippen LogP contribution in [0.1, 0.15) is 67.4 Å². The maximum absolute atomic E-state index is 12.2. The van der Waals surface area contributed by atoms with Crippen molar-refractivity contribution >= 4 is 23.7 Å². The quantitative estimate of drug-likeness (QED) is 0.107. The van der Waals surface area contributed by atoms with Gasteiger partial charge >= 0.3 is 5.97 Å². The number of carbonyl (C=O) groups is 4. The maximum Gasteiger partial charge on any atom is 0.302 e. The lowest BCUT2D eigenvalue weighted by atomic mass is 10.0. The van der Waals surface area contributed by atoms with E-state index in [0.29, 0.717) is 52.9 Å². The van der Waals surface area contributed by atoms with E-state index in [2.05, 4.69) is 16.0 Å². The minimum absolute atomic E-state index is 0.110. The van der Waals surface area contributed by atoms with Gasteiger partial charge in [0.15, 0.2) is 0 Å². The Morgan fingerprint density at radius 3 is 1.65 bits per heavy atom. The summed E-state index contributed by atoms with van der Waals surface area (Å²) in [6.45, 7) is 19.3. The summed E-state index contributed by atoms with van der Waals surface area (Å²) in [4.78, 5) is 45.8. The van der Waals surface area contributed by atoms with Gasteiger partial charge in [0.1, 0.15) is 18.7 Å². The monoisotopic (exact) mass is 658 g/mol. The van der Waals surface area contributed by atoms with Crippen molar-refractivity contribution in [3.05, 3.63) is 35.9 Å². The molecule has 0 aliphatic heterocycles. The summed E-state index contributed by atoms with van der Waals surface area (Å²) < 4.78 is 26.2. The molecule has 0 saturated heterocycles. The van der Waals surface area contributed by atoms with E-state index in [-0.39, 0.29) is 30.8 Å². The Morgan fingerprint density at radius 2 is 1.22 bits per heavy atom. The highest BCUT2D eigenvalue weighted by Crippen LogP contribution is 2.03. The van der Waals surface area contributed by atoms with Crippen molar-refractivity contribution in [2.24, 2.45) is 11.7 Å². The molecule has 13 heteroatoms. The Labute approximate surface area is 277 Å². The van der Waals surface area contributed by atoms with Crippen molar-refractivity contribution in [3.8, 4) is 0 Å². The van der Waals surface area contributed by atoms with Crippen molar-refractivity contribution < 1.29 is 42.9 Å². The van der Waals surface area contributed by atoms with E-state index in [1.807, 2.05) is 65.1 Å². The Hall–Kier alpha value is -3.10. The summed E-state index contributed by atoms with van der Waals surface area (Å²) in [6, 6.07) is 8.03. The molecule has 1 rings (SSSR count). The van der Waals surface area contributed by atoms with Gasteiger partial charge in [-0.15, -0.1) is 0 Å². The van der Waals surface area contributed by atoms with Crippen LogP contribution in [0.5, 0.6) is 0 Å². The van der Waals surface area contributed by atoms with Crippen LogP contribution in [-0.4, -0.2) is 102 Å². The van der Waals surface area contributed by atoms with Crippen molar-refractivity contribution in [1.29, 1.82) is 0 Å². The number of likely N-dealkylation sites (N-methyl/N-ethyl adjacent to an activating group) is 1. The maximum atomic E-state index is 12.2. The zero-order chi connectivity index (χ0) is 35.6. The van der Waals surface area contributed by atoms with Gasteiger partial charge in [-0.1, -0.05) is 71.9 Å². The van der Waals surface area contributed by atoms with E-state index in [9.17, 15) is 19.2 Å².